The number of ether oxygens (including phenoxy) is 2. The smallest absolute Gasteiger partial charge is 0.435 e. The minimum atomic E-state index is -2.38. The monoisotopic (exact) mass is 799 g/mol. The van der Waals surface area contributed by atoms with Gasteiger partial charge in [0.25, 0.3) is 11.4 Å². The minimum absolute atomic E-state index is 0.0839. The third-order valence-electron chi connectivity index (χ3n) is 10.0. The Balaban J connectivity index is 1.38. The number of non-ortho nitro benzene ring substituents is 2. The van der Waals surface area contributed by atoms with Crippen molar-refractivity contribution in [3.63, 3.8) is 0 Å². The van der Waals surface area contributed by atoms with E-state index >= 15 is 0 Å². The van der Waals surface area contributed by atoms with E-state index in [4.69, 9.17) is 13.9 Å². The normalized spacial score (nSPS) is 19.4. The molecule has 0 radical (unpaired) electrons. The Morgan fingerprint density at radius 2 is 1.47 bits per heavy atom. The number of carbonyl (C=O) groups excluding carboxylic acids is 5. The number of benzene rings is 2. The zero-order chi connectivity index (χ0) is 40.8. The number of amidine groups is 1. The molecule has 0 N–H and O–H groups in total. The highest BCUT2D eigenvalue weighted by Gasteiger charge is 2.56. The Morgan fingerprint density at radius 3 is 1.98 bits per heavy atom. The van der Waals surface area contributed by atoms with Crippen molar-refractivity contribution in [3.05, 3.63) is 79.9 Å². The van der Waals surface area contributed by atoms with Crippen LogP contribution < -0.4 is 0 Å². The zero-order valence-corrected chi connectivity index (χ0v) is 33.5. The van der Waals surface area contributed by atoms with Crippen LogP contribution in [0.2, 0.25) is 18.1 Å². The van der Waals surface area contributed by atoms with Gasteiger partial charge in [-0.05, 0) is 73.8 Å². The number of amides is 3. The molecule has 2 aliphatic rings. The molecule has 4 rings (SSSR count). The van der Waals surface area contributed by atoms with Crippen LogP contribution in [0.1, 0.15) is 58.6 Å². The molecule has 2 aliphatic heterocycles. The minimum Gasteiger partial charge on any atom is -0.454 e. The molecule has 17 nitrogen and oxygen atoms in total. The van der Waals surface area contributed by atoms with E-state index in [-0.39, 0.29) is 46.4 Å². The van der Waals surface area contributed by atoms with Crippen molar-refractivity contribution in [1.29, 1.82) is 0 Å². The van der Waals surface area contributed by atoms with E-state index < -0.39 is 60.1 Å². The van der Waals surface area contributed by atoms with Crippen LogP contribution in [0.25, 0.3) is 0 Å². The van der Waals surface area contributed by atoms with Crippen LogP contribution in [-0.2, 0) is 46.3 Å². The van der Waals surface area contributed by atoms with Gasteiger partial charge >= 0.3 is 18.0 Å². The second-order valence-corrected chi connectivity index (χ2v) is 21.0. The maximum atomic E-state index is 13.5. The fraction of sp³-hybridized carbons (Fsp3) is 0.500. The molecular weight excluding hydrogens is 755 g/mol. The number of likely N-dealkylation sites (tertiary alicyclic amines) is 2. The van der Waals surface area contributed by atoms with Gasteiger partial charge in [0.2, 0.25) is 5.91 Å². The van der Waals surface area contributed by atoms with Crippen LogP contribution >= 0.6 is 11.8 Å². The summed E-state index contributed by atoms with van der Waals surface area (Å²) in [6, 6.07) is 9.85. The summed E-state index contributed by atoms with van der Waals surface area (Å²) < 4.78 is 16.8. The Bertz CT molecular complexity index is 1850. The topological polar surface area (TPSA) is 218 Å². The molecule has 2 saturated heterocycles. The number of hydrogen-bond acceptors (Lipinski definition) is 13. The summed E-state index contributed by atoms with van der Waals surface area (Å²) in [5.41, 5.74) is 0.706. The maximum Gasteiger partial charge on any atom is 0.435 e. The number of thioether (sulfide) groups is 1. The number of aliphatic imine (C=N–C) groups is 1. The van der Waals surface area contributed by atoms with Gasteiger partial charge in [-0.1, -0.05) is 32.5 Å². The lowest BCUT2D eigenvalue weighted by atomic mass is 9.81. The summed E-state index contributed by atoms with van der Waals surface area (Å²) in [6.45, 7) is 14.0. The molecule has 3 amide bonds. The van der Waals surface area contributed by atoms with E-state index in [2.05, 4.69) is 4.99 Å². The van der Waals surface area contributed by atoms with Gasteiger partial charge < -0.3 is 18.8 Å². The van der Waals surface area contributed by atoms with Gasteiger partial charge in [-0.25, -0.2) is 9.59 Å². The maximum absolute atomic E-state index is 13.5. The summed E-state index contributed by atoms with van der Waals surface area (Å²) in [5.74, 6) is -3.65. The largest absolute Gasteiger partial charge is 0.454 e. The first-order valence-electron chi connectivity index (χ1n) is 17.5. The van der Waals surface area contributed by atoms with Gasteiger partial charge in [0, 0.05) is 49.0 Å². The molecule has 2 aromatic carbocycles. The van der Waals surface area contributed by atoms with Crippen LogP contribution in [0, 0.1) is 26.1 Å². The van der Waals surface area contributed by atoms with Crippen molar-refractivity contribution < 1.29 is 47.7 Å². The van der Waals surface area contributed by atoms with E-state index in [0.717, 1.165) is 16.7 Å². The van der Waals surface area contributed by atoms with Crippen molar-refractivity contribution in [1.82, 2.24) is 9.80 Å². The lowest BCUT2D eigenvalue weighted by molar-refractivity contribution is -0.385. The summed E-state index contributed by atoms with van der Waals surface area (Å²) in [6.07, 6.45) is -1.14. The first kappa shape index (κ1) is 42.7. The molecule has 2 fully saturated rings. The lowest BCUT2D eigenvalue weighted by Crippen LogP contribution is -2.68. The second kappa shape index (κ2) is 17.6. The number of nitrogens with zero attached hydrogens (tertiary/aromatic N) is 5. The van der Waals surface area contributed by atoms with Crippen molar-refractivity contribution >= 4 is 66.3 Å². The van der Waals surface area contributed by atoms with Crippen molar-refractivity contribution in [2.75, 3.05) is 13.1 Å². The second-order valence-electron chi connectivity index (χ2n) is 14.9. The number of rotatable bonds is 12. The first-order chi connectivity index (χ1) is 25.7. The molecule has 0 bridgehead atoms. The molecule has 19 heteroatoms. The number of nitro benzene ring substituents is 2. The molecule has 0 aliphatic carbocycles. The highest BCUT2D eigenvalue weighted by molar-refractivity contribution is 8.14. The third-order valence-corrected chi connectivity index (χ3v) is 15.7. The van der Waals surface area contributed by atoms with Crippen LogP contribution in [0.3, 0.4) is 0 Å². The van der Waals surface area contributed by atoms with Gasteiger partial charge in [-0.3, -0.25) is 39.5 Å². The Kier molecular flexibility index (Phi) is 13.7. The van der Waals surface area contributed by atoms with Crippen LogP contribution in [0.15, 0.2) is 53.5 Å². The van der Waals surface area contributed by atoms with Gasteiger partial charge in [0.05, 0.1) is 27.9 Å². The van der Waals surface area contributed by atoms with Crippen molar-refractivity contribution in [2.45, 2.75) is 96.2 Å². The number of esters is 1. The van der Waals surface area contributed by atoms with Crippen LogP contribution in [0.4, 0.5) is 16.2 Å². The van der Waals surface area contributed by atoms with Crippen molar-refractivity contribution in [2.24, 2.45) is 10.9 Å². The average Bonchev–Trinajstić information content (AvgIpc) is 3.57. The number of β-lactam (4-membered cyclic amide) rings is 1. The molecule has 0 spiro atoms. The van der Waals surface area contributed by atoms with Gasteiger partial charge in [-0.15, -0.1) is 0 Å². The van der Waals surface area contributed by atoms with Crippen molar-refractivity contribution in [3.8, 4) is 0 Å². The average molecular weight is 800 g/mol. The standard InChI is InChI=1S/C36H45N5O12SSi/c1-22(53-55(6,7)36(3,4)5)31-29(39(32(31)43)33(44)34(45)51-20-24-8-12-26(13-9-24)40(47)48)18-30(42)54-28-16-17-38(19-28)23(2)37-35(46)52-21-25-10-14-27(15-11-25)41(49)50/h8-15,22,28-29,31H,16-21H2,1-7H3/t22-,28?,29-,31-/m1/s1. The predicted molar refractivity (Wildman–Crippen MR) is 203 cm³/mol. The molecule has 1 unspecified atom stereocenters. The Morgan fingerprint density at radius 1 is 0.945 bits per heavy atom. The zero-order valence-electron chi connectivity index (χ0n) is 31.7. The molecule has 2 aromatic rings. The molecule has 0 saturated carbocycles. The number of hydrogen-bond donors (Lipinski definition) is 0. The van der Waals surface area contributed by atoms with Gasteiger partial charge in [-0.2, -0.15) is 4.99 Å². The molecule has 2 heterocycles. The summed E-state index contributed by atoms with van der Waals surface area (Å²) >= 11 is 1.06. The molecule has 55 heavy (non-hydrogen) atoms. The predicted octanol–water partition coefficient (Wildman–Crippen LogP) is 5.79. The van der Waals surface area contributed by atoms with E-state index in [1.807, 2.05) is 38.8 Å². The molecule has 0 aromatic heterocycles. The van der Waals surface area contributed by atoms with E-state index in [0.29, 0.717) is 36.5 Å². The molecule has 4 atom stereocenters. The quantitative estimate of drug-likeness (QED) is 0.0363. The van der Waals surface area contributed by atoms with E-state index in [9.17, 15) is 44.2 Å². The summed E-state index contributed by atoms with van der Waals surface area (Å²) in [7, 11) is -2.38. The Labute approximate surface area is 323 Å². The number of imide groups is 1. The molecular formula is C36H45N5O12SSi. The summed E-state index contributed by atoms with van der Waals surface area (Å²) in [5, 5.41) is 21.1. The number of nitro groups is 2. The number of carbonyl (C=O) groups is 5. The lowest BCUT2D eigenvalue weighted by Gasteiger charge is -2.49. The first-order valence-corrected chi connectivity index (χ1v) is 21.3. The molecule has 296 valence electrons. The van der Waals surface area contributed by atoms with Gasteiger partial charge in [0.15, 0.2) is 13.4 Å². The van der Waals surface area contributed by atoms with Crippen LogP contribution in [0.5, 0.6) is 0 Å². The van der Waals surface area contributed by atoms with Gasteiger partial charge in [0.1, 0.15) is 19.0 Å². The van der Waals surface area contributed by atoms with E-state index in [1.165, 1.54) is 48.5 Å². The highest BCUT2D eigenvalue weighted by Crippen LogP contribution is 2.42. The van der Waals surface area contributed by atoms with E-state index in [1.54, 1.807) is 13.8 Å². The highest BCUT2D eigenvalue weighted by atomic mass is 32.2. The SMILES string of the molecule is CC(=NC(=O)OCc1ccc([N+](=O)[O-])cc1)N1CCC(SC(=O)C[C@@H]2[C@@H]([C@@H](C)O[Si](C)(C)C(C)(C)C)C(=O)N2C(=O)C(=O)OCc2ccc([N+](=O)[O-])cc2)C1. The fourth-order valence-corrected chi connectivity index (χ4v) is 8.45. The Hall–Kier alpha value is -5.01. The summed E-state index contributed by atoms with van der Waals surface area (Å²) in [4.78, 5) is 93.0. The van der Waals surface area contributed by atoms with Crippen LogP contribution in [-0.4, -0.2) is 93.3 Å². The third kappa shape index (κ3) is 10.8. The fourth-order valence-electron chi connectivity index (χ4n) is 5.90.